The van der Waals surface area contributed by atoms with Crippen molar-refractivity contribution in [1.29, 1.82) is 0 Å². The van der Waals surface area contributed by atoms with Crippen molar-refractivity contribution in [3.63, 3.8) is 0 Å². The van der Waals surface area contributed by atoms with E-state index in [1.54, 1.807) is 22.2 Å². The number of phenolic OH excluding ortho intramolecular Hbond substituents is 1. The highest BCUT2D eigenvalue weighted by atomic mass is 79.9. The van der Waals surface area contributed by atoms with Crippen LogP contribution in [-0.2, 0) is 6.42 Å². The van der Waals surface area contributed by atoms with Gasteiger partial charge in [-0.2, -0.15) is 5.10 Å². The molecule has 3 rings (SSSR count). The van der Waals surface area contributed by atoms with Crippen LogP contribution in [0.25, 0.3) is 4.96 Å². The summed E-state index contributed by atoms with van der Waals surface area (Å²) in [6.07, 6.45) is -0.159. The number of aryl methyl sites for hydroxylation is 1. The fourth-order valence-corrected chi connectivity index (χ4v) is 4.05. The van der Waals surface area contributed by atoms with Crippen molar-refractivity contribution in [3.05, 3.63) is 43.5 Å². The summed E-state index contributed by atoms with van der Waals surface area (Å²) in [5, 5.41) is 24.7. The van der Waals surface area contributed by atoms with Crippen molar-refractivity contribution >= 4 is 48.2 Å². The van der Waals surface area contributed by atoms with E-state index in [0.717, 1.165) is 10.7 Å². The summed E-state index contributed by atoms with van der Waals surface area (Å²) in [5.41, 5.74) is 3.83. The zero-order valence-electron chi connectivity index (χ0n) is 10.9. The Morgan fingerprint density at radius 2 is 2.00 bits per heavy atom. The Balaban J connectivity index is 2.16. The van der Waals surface area contributed by atoms with Gasteiger partial charge >= 0.3 is 0 Å². The van der Waals surface area contributed by atoms with Gasteiger partial charge in [-0.1, -0.05) is 18.3 Å². The first-order chi connectivity index (χ1) is 10.0. The molecule has 0 aliphatic carbocycles. The minimum atomic E-state index is -0.870. The van der Waals surface area contributed by atoms with E-state index in [-0.39, 0.29) is 5.75 Å². The Morgan fingerprint density at radius 1 is 1.33 bits per heavy atom. The number of hydrogen-bond donors (Lipinski definition) is 2. The summed E-state index contributed by atoms with van der Waals surface area (Å²) in [6, 6.07) is 3.38. The van der Waals surface area contributed by atoms with Crippen LogP contribution in [-0.4, -0.2) is 24.8 Å². The van der Waals surface area contributed by atoms with Gasteiger partial charge in [-0.3, -0.25) is 0 Å². The summed E-state index contributed by atoms with van der Waals surface area (Å²) in [5.74, 6) is 0.105. The maximum absolute atomic E-state index is 10.7. The molecule has 1 aromatic carbocycles. The minimum Gasteiger partial charge on any atom is -0.506 e. The van der Waals surface area contributed by atoms with Crippen LogP contribution < -0.4 is 0 Å². The number of benzene rings is 1. The second-order valence-electron chi connectivity index (χ2n) is 4.47. The van der Waals surface area contributed by atoms with E-state index < -0.39 is 6.10 Å². The highest BCUT2D eigenvalue weighted by Crippen LogP contribution is 2.37. The fraction of sp³-hybridized carbons (Fsp3) is 0.231. The van der Waals surface area contributed by atoms with Crippen molar-refractivity contribution in [2.75, 3.05) is 0 Å². The number of phenols is 1. The van der Waals surface area contributed by atoms with Gasteiger partial charge in [0.25, 0.3) is 0 Å². The van der Waals surface area contributed by atoms with Crippen LogP contribution >= 0.6 is 43.2 Å². The monoisotopic (exact) mass is 431 g/mol. The molecule has 5 nitrogen and oxygen atoms in total. The quantitative estimate of drug-likeness (QED) is 0.662. The summed E-state index contributed by atoms with van der Waals surface area (Å²) >= 11 is 7.99. The predicted molar refractivity (Wildman–Crippen MR) is 87.8 cm³/mol. The number of aliphatic hydroxyl groups excluding tert-OH is 1. The van der Waals surface area contributed by atoms with Gasteiger partial charge in [-0.05, 0) is 56.0 Å². The molecule has 1 atom stereocenters. The molecule has 0 aliphatic heterocycles. The number of rotatable bonds is 3. The van der Waals surface area contributed by atoms with E-state index in [9.17, 15) is 10.2 Å². The molecule has 2 aromatic heterocycles. The molecule has 0 saturated carbocycles. The number of hydrogen-bond acceptors (Lipinski definition) is 5. The third-order valence-electron chi connectivity index (χ3n) is 3.21. The molecule has 0 fully saturated rings. The molecule has 0 aliphatic rings. The SMILES string of the molecule is CCc1nc2scnn2c1C(O)c1cc(Br)c(O)c(Br)c1. The maximum Gasteiger partial charge on any atom is 0.212 e. The molecule has 0 saturated heterocycles. The second-order valence-corrected chi connectivity index (χ2v) is 6.99. The fourth-order valence-electron chi connectivity index (χ4n) is 2.19. The zero-order chi connectivity index (χ0) is 15.1. The summed E-state index contributed by atoms with van der Waals surface area (Å²) in [7, 11) is 0. The first-order valence-corrected chi connectivity index (χ1v) is 8.66. The lowest BCUT2D eigenvalue weighted by atomic mass is 10.0. The van der Waals surface area contributed by atoms with Crippen molar-refractivity contribution in [3.8, 4) is 5.75 Å². The Labute approximate surface area is 141 Å². The highest BCUT2D eigenvalue weighted by molar-refractivity contribution is 9.11. The maximum atomic E-state index is 10.7. The summed E-state index contributed by atoms with van der Waals surface area (Å²) in [6.45, 7) is 1.99. The van der Waals surface area contributed by atoms with Gasteiger partial charge in [0.15, 0.2) is 0 Å². The number of nitrogens with zero attached hydrogens (tertiary/aromatic N) is 3. The number of aromatic nitrogens is 3. The van der Waals surface area contributed by atoms with Gasteiger partial charge in [-0.15, -0.1) is 0 Å². The minimum absolute atomic E-state index is 0.105. The molecule has 0 spiro atoms. The number of imidazole rings is 1. The number of aliphatic hydroxyl groups is 1. The van der Waals surface area contributed by atoms with Gasteiger partial charge < -0.3 is 10.2 Å². The lowest BCUT2D eigenvalue weighted by molar-refractivity contribution is 0.211. The van der Waals surface area contributed by atoms with Crippen molar-refractivity contribution < 1.29 is 10.2 Å². The molecule has 110 valence electrons. The Kier molecular flexibility index (Phi) is 4.04. The summed E-state index contributed by atoms with van der Waals surface area (Å²) in [4.78, 5) is 5.25. The molecule has 0 bridgehead atoms. The van der Waals surface area contributed by atoms with Crippen LogP contribution in [0.2, 0.25) is 0 Å². The average Bonchev–Trinajstić information content (AvgIpc) is 3.03. The van der Waals surface area contributed by atoms with Crippen LogP contribution in [0.4, 0.5) is 0 Å². The number of fused-ring (bicyclic) bond motifs is 1. The van der Waals surface area contributed by atoms with Crippen LogP contribution in [0.15, 0.2) is 26.6 Å². The van der Waals surface area contributed by atoms with Gasteiger partial charge in [0.2, 0.25) is 4.96 Å². The number of aromatic hydroxyl groups is 1. The van der Waals surface area contributed by atoms with E-state index in [4.69, 9.17) is 0 Å². The molecular formula is C13H11Br2N3O2S. The molecule has 21 heavy (non-hydrogen) atoms. The predicted octanol–water partition coefficient (Wildman–Crippen LogP) is 3.67. The molecule has 0 amide bonds. The molecule has 3 aromatic rings. The van der Waals surface area contributed by atoms with Crippen LogP contribution in [0.5, 0.6) is 5.75 Å². The molecule has 2 N–H and O–H groups in total. The number of halogens is 2. The lowest BCUT2D eigenvalue weighted by Crippen LogP contribution is -2.07. The van der Waals surface area contributed by atoms with E-state index >= 15 is 0 Å². The normalized spacial score (nSPS) is 13.0. The van der Waals surface area contributed by atoms with Crippen molar-refractivity contribution in [2.24, 2.45) is 0 Å². The smallest absolute Gasteiger partial charge is 0.212 e. The van der Waals surface area contributed by atoms with Gasteiger partial charge in [-0.25, -0.2) is 9.50 Å². The Morgan fingerprint density at radius 3 is 2.62 bits per heavy atom. The van der Waals surface area contributed by atoms with Gasteiger partial charge in [0.05, 0.1) is 20.3 Å². The first kappa shape index (κ1) is 15.0. The van der Waals surface area contributed by atoms with Crippen LogP contribution in [0, 0.1) is 0 Å². The molecule has 0 radical (unpaired) electrons. The van der Waals surface area contributed by atoms with E-state index in [1.807, 2.05) is 6.92 Å². The van der Waals surface area contributed by atoms with E-state index in [0.29, 0.717) is 26.6 Å². The largest absolute Gasteiger partial charge is 0.506 e. The van der Waals surface area contributed by atoms with Crippen molar-refractivity contribution in [2.45, 2.75) is 19.4 Å². The lowest BCUT2D eigenvalue weighted by Gasteiger charge is -2.13. The van der Waals surface area contributed by atoms with Crippen LogP contribution in [0.3, 0.4) is 0 Å². The zero-order valence-corrected chi connectivity index (χ0v) is 14.9. The van der Waals surface area contributed by atoms with Crippen LogP contribution in [0.1, 0.15) is 30.0 Å². The molecular weight excluding hydrogens is 422 g/mol. The Hall–Kier alpha value is -0.960. The Bertz CT molecular complexity index is 792. The standard InChI is InChI=1S/C13H11Br2N3O2S/c1-2-9-10(18-13(17-9)21-5-16-18)11(19)6-3-7(14)12(20)8(15)4-6/h3-5,11,19-20H,2H2,1H3. The first-order valence-electron chi connectivity index (χ1n) is 6.19. The van der Waals surface area contributed by atoms with E-state index in [1.165, 1.54) is 11.3 Å². The molecule has 8 heteroatoms. The van der Waals surface area contributed by atoms with Crippen molar-refractivity contribution in [1.82, 2.24) is 14.6 Å². The third kappa shape index (κ3) is 2.50. The average molecular weight is 433 g/mol. The van der Waals surface area contributed by atoms with Gasteiger partial charge in [0, 0.05) is 0 Å². The second kappa shape index (κ2) is 5.68. The van der Waals surface area contributed by atoms with E-state index in [2.05, 4.69) is 41.9 Å². The molecule has 2 heterocycles. The highest BCUT2D eigenvalue weighted by Gasteiger charge is 2.23. The third-order valence-corrected chi connectivity index (χ3v) is 5.09. The van der Waals surface area contributed by atoms with Gasteiger partial charge in [0.1, 0.15) is 17.4 Å². The summed E-state index contributed by atoms with van der Waals surface area (Å²) < 4.78 is 2.70. The molecule has 1 unspecified atom stereocenters. The topological polar surface area (TPSA) is 70.7 Å².